The van der Waals surface area contributed by atoms with Crippen molar-refractivity contribution in [2.24, 2.45) is 0 Å². The molecule has 1 aliphatic heterocycles. The maximum atomic E-state index is 15.1. The molecule has 0 saturated carbocycles. The van der Waals surface area contributed by atoms with Gasteiger partial charge < -0.3 is 0 Å². The Hall–Kier alpha value is -3.00. The third-order valence-corrected chi connectivity index (χ3v) is 3.41. The Kier molecular flexibility index (Phi) is 2.80. The molecule has 4 nitrogen and oxygen atoms in total. The quantitative estimate of drug-likeness (QED) is 0.627. The Bertz CT molecular complexity index is 747. The third-order valence-electron chi connectivity index (χ3n) is 3.41. The number of benzene rings is 2. The maximum absolute atomic E-state index is 15.1. The molecule has 1 heterocycles. The van der Waals surface area contributed by atoms with Crippen LogP contribution in [0.1, 0.15) is 26.3 Å². The molecule has 0 aromatic heterocycles. The third kappa shape index (κ3) is 1.73. The Balaban J connectivity index is 2.15. The van der Waals surface area contributed by atoms with Gasteiger partial charge in [0.05, 0.1) is 11.1 Å². The second-order valence-electron chi connectivity index (χ2n) is 4.59. The van der Waals surface area contributed by atoms with E-state index in [0.29, 0.717) is 4.90 Å². The molecule has 0 radical (unpaired) electrons. The van der Waals surface area contributed by atoms with Crippen molar-refractivity contribution < 1.29 is 14.0 Å². The van der Waals surface area contributed by atoms with Crippen molar-refractivity contribution in [3.63, 3.8) is 0 Å². The first-order valence-electron chi connectivity index (χ1n) is 6.23. The van der Waals surface area contributed by atoms with E-state index in [1.165, 1.54) is 30.3 Å². The number of nitriles is 1. The summed E-state index contributed by atoms with van der Waals surface area (Å²) in [6.45, 7) is 0. The predicted molar refractivity (Wildman–Crippen MR) is 71.8 cm³/mol. The molecule has 0 aliphatic carbocycles. The van der Waals surface area contributed by atoms with Gasteiger partial charge in [-0.25, -0.2) is 4.90 Å². The first-order chi connectivity index (χ1) is 10.1. The lowest BCUT2D eigenvalue weighted by Crippen LogP contribution is -2.45. The summed E-state index contributed by atoms with van der Waals surface area (Å²) in [6, 6.07) is 15.0. The van der Waals surface area contributed by atoms with E-state index in [9.17, 15) is 14.9 Å². The highest BCUT2D eigenvalue weighted by Gasteiger charge is 2.51. The van der Waals surface area contributed by atoms with E-state index >= 15 is 4.39 Å². The van der Waals surface area contributed by atoms with Gasteiger partial charge in [0.2, 0.25) is 0 Å². The van der Waals surface area contributed by atoms with Crippen LogP contribution in [-0.2, 0) is 5.79 Å². The smallest absolute Gasteiger partial charge is 0.268 e. The van der Waals surface area contributed by atoms with Crippen LogP contribution in [0.5, 0.6) is 0 Å². The summed E-state index contributed by atoms with van der Waals surface area (Å²) in [4.78, 5) is 25.0. The van der Waals surface area contributed by atoms with Crippen LogP contribution in [0.25, 0.3) is 0 Å². The molecule has 1 aliphatic rings. The summed E-state index contributed by atoms with van der Waals surface area (Å²) in [5.74, 6) is -4.43. The number of amides is 2. The molecular weight excluding hydrogens is 271 g/mol. The number of halogens is 1. The molecule has 102 valence electrons. The molecule has 0 fully saturated rings. The summed E-state index contributed by atoms with van der Waals surface area (Å²) in [5.41, 5.74) is 0.161. The van der Waals surface area contributed by atoms with Crippen molar-refractivity contribution in [3.05, 3.63) is 71.3 Å². The number of rotatable bonds is 2. The second-order valence-corrected chi connectivity index (χ2v) is 4.59. The minimum Gasteiger partial charge on any atom is -0.268 e. The fraction of sp³-hybridized carbons (Fsp3) is 0.0625. The Morgan fingerprint density at radius 1 is 0.905 bits per heavy atom. The van der Waals surface area contributed by atoms with Crippen molar-refractivity contribution in [1.82, 2.24) is 4.90 Å². The van der Waals surface area contributed by atoms with E-state index in [2.05, 4.69) is 0 Å². The predicted octanol–water partition coefficient (Wildman–Crippen LogP) is 2.63. The van der Waals surface area contributed by atoms with Crippen LogP contribution in [0, 0.1) is 11.3 Å². The van der Waals surface area contributed by atoms with Crippen LogP contribution in [0.15, 0.2) is 54.6 Å². The highest BCUT2D eigenvalue weighted by atomic mass is 19.1. The molecule has 1 atom stereocenters. The number of carbonyl (C=O) groups is 2. The topological polar surface area (TPSA) is 61.2 Å². The number of hydrogen-bond donors (Lipinski definition) is 0. The molecular formula is C16H9FN2O2. The van der Waals surface area contributed by atoms with E-state index in [1.54, 1.807) is 30.3 Å². The summed E-state index contributed by atoms with van der Waals surface area (Å²) in [5, 5.41) is 9.24. The monoisotopic (exact) mass is 280 g/mol. The molecule has 5 heteroatoms. The van der Waals surface area contributed by atoms with Gasteiger partial charge in [-0.3, -0.25) is 9.59 Å². The number of carbonyl (C=O) groups excluding carboxylic acids is 2. The molecule has 0 N–H and O–H groups in total. The van der Waals surface area contributed by atoms with Crippen molar-refractivity contribution >= 4 is 11.8 Å². The normalized spacial score (nSPS) is 16.3. The van der Waals surface area contributed by atoms with Gasteiger partial charge in [-0.05, 0) is 12.1 Å². The van der Waals surface area contributed by atoms with Gasteiger partial charge in [0.15, 0.2) is 0 Å². The summed E-state index contributed by atoms with van der Waals surface area (Å²) in [6.07, 6.45) is 0. The van der Waals surface area contributed by atoms with Gasteiger partial charge in [-0.1, -0.05) is 42.5 Å². The average Bonchev–Trinajstić information content (AvgIpc) is 2.80. The lowest BCUT2D eigenvalue weighted by atomic mass is 10.0. The number of imide groups is 1. The Labute approximate surface area is 120 Å². The molecule has 0 bridgehead atoms. The van der Waals surface area contributed by atoms with Crippen LogP contribution in [0.4, 0.5) is 4.39 Å². The van der Waals surface area contributed by atoms with Gasteiger partial charge in [0.1, 0.15) is 6.07 Å². The molecule has 21 heavy (non-hydrogen) atoms. The zero-order valence-electron chi connectivity index (χ0n) is 10.8. The van der Waals surface area contributed by atoms with Crippen LogP contribution >= 0.6 is 0 Å². The zero-order chi connectivity index (χ0) is 15.0. The Morgan fingerprint density at radius 3 is 1.86 bits per heavy atom. The van der Waals surface area contributed by atoms with Gasteiger partial charge in [-0.2, -0.15) is 9.65 Å². The van der Waals surface area contributed by atoms with Crippen molar-refractivity contribution in [2.75, 3.05) is 0 Å². The van der Waals surface area contributed by atoms with E-state index in [-0.39, 0.29) is 16.7 Å². The van der Waals surface area contributed by atoms with Gasteiger partial charge >= 0.3 is 5.79 Å². The standard InChI is InChI=1S/C16H9FN2O2/c17-16(10-18,11-6-2-1-3-7-11)19-14(20)12-8-4-5-9-13(12)15(19)21/h1-9H/t16-/m1/s1. The number of nitrogens with zero attached hydrogens (tertiary/aromatic N) is 2. The van der Waals surface area contributed by atoms with Crippen molar-refractivity contribution in [2.45, 2.75) is 5.79 Å². The van der Waals surface area contributed by atoms with E-state index in [1.807, 2.05) is 0 Å². The molecule has 2 aromatic rings. The molecule has 0 unspecified atom stereocenters. The fourth-order valence-electron chi connectivity index (χ4n) is 2.37. The maximum Gasteiger partial charge on any atom is 0.304 e. The number of fused-ring (bicyclic) bond motifs is 1. The lowest BCUT2D eigenvalue weighted by Gasteiger charge is -2.27. The van der Waals surface area contributed by atoms with Gasteiger partial charge in [0, 0.05) is 5.56 Å². The van der Waals surface area contributed by atoms with E-state index in [0.717, 1.165) is 0 Å². The second kappa shape index (κ2) is 4.53. The highest BCUT2D eigenvalue weighted by Crippen LogP contribution is 2.36. The van der Waals surface area contributed by atoms with Crippen LogP contribution in [0.2, 0.25) is 0 Å². The Morgan fingerprint density at radius 2 is 1.38 bits per heavy atom. The zero-order valence-corrected chi connectivity index (χ0v) is 10.8. The largest absolute Gasteiger partial charge is 0.304 e. The summed E-state index contributed by atoms with van der Waals surface area (Å²) >= 11 is 0. The molecule has 0 spiro atoms. The summed E-state index contributed by atoms with van der Waals surface area (Å²) in [7, 11) is 0. The SMILES string of the molecule is N#C[C@](F)(c1ccccc1)N1C(=O)c2ccccc2C1=O. The number of alkyl halides is 1. The van der Waals surface area contributed by atoms with E-state index < -0.39 is 17.6 Å². The highest BCUT2D eigenvalue weighted by molar-refractivity contribution is 6.22. The minimum absolute atomic E-state index is 0.0537. The van der Waals surface area contributed by atoms with Crippen molar-refractivity contribution in [3.8, 4) is 6.07 Å². The van der Waals surface area contributed by atoms with Gasteiger partial charge in [0.25, 0.3) is 11.8 Å². The average molecular weight is 280 g/mol. The minimum atomic E-state index is -2.82. The fourth-order valence-corrected chi connectivity index (χ4v) is 2.37. The molecule has 2 aromatic carbocycles. The summed E-state index contributed by atoms with van der Waals surface area (Å²) < 4.78 is 15.1. The lowest BCUT2D eigenvalue weighted by molar-refractivity contribution is 0.0182. The molecule has 0 saturated heterocycles. The van der Waals surface area contributed by atoms with Gasteiger partial charge in [-0.15, -0.1) is 0 Å². The van der Waals surface area contributed by atoms with Crippen LogP contribution in [0.3, 0.4) is 0 Å². The first-order valence-corrected chi connectivity index (χ1v) is 6.23. The van der Waals surface area contributed by atoms with Crippen LogP contribution in [-0.4, -0.2) is 16.7 Å². The van der Waals surface area contributed by atoms with Crippen molar-refractivity contribution in [1.29, 1.82) is 5.26 Å². The molecule has 3 rings (SSSR count). The molecule has 2 amide bonds. The van der Waals surface area contributed by atoms with Crippen LogP contribution < -0.4 is 0 Å². The first kappa shape index (κ1) is 13.0. The van der Waals surface area contributed by atoms with E-state index in [4.69, 9.17) is 0 Å². The number of hydrogen-bond acceptors (Lipinski definition) is 3.